The second kappa shape index (κ2) is 8.25. The van der Waals surface area contributed by atoms with Crippen LogP contribution in [0.3, 0.4) is 0 Å². The molecule has 0 radical (unpaired) electrons. The van der Waals surface area contributed by atoms with E-state index in [1.54, 1.807) is 32.2 Å². The summed E-state index contributed by atoms with van der Waals surface area (Å²) >= 11 is 12.0. The Balaban J connectivity index is 2.10. The van der Waals surface area contributed by atoms with Crippen LogP contribution in [0.4, 0.5) is 4.79 Å². The number of benzene rings is 1. The standard InChI is InChI=1S/C17H22Cl2N2O4/c1-17(15(22)23)6-7-21(10-17)16(24)20-14(5-8-25-2)11-3-4-12(18)13(19)9-11/h3-4,9,14H,5-8,10H2,1-2H3,(H,20,24)(H,22,23). The molecule has 2 N–H and O–H groups in total. The molecule has 0 aliphatic carbocycles. The van der Waals surface area contributed by atoms with Gasteiger partial charge in [0.25, 0.3) is 0 Å². The maximum Gasteiger partial charge on any atom is 0.317 e. The number of hydrogen-bond donors (Lipinski definition) is 2. The molecule has 0 spiro atoms. The predicted molar refractivity (Wildman–Crippen MR) is 96.2 cm³/mol. The number of carboxylic acids is 1. The Morgan fingerprint density at radius 3 is 2.68 bits per heavy atom. The number of carbonyl (C=O) groups is 2. The zero-order chi connectivity index (χ0) is 18.6. The van der Waals surface area contributed by atoms with Crippen molar-refractivity contribution < 1.29 is 19.4 Å². The molecular weight excluding hydrogens is 367 g/mol. The van der Waals surface area contributed by atoms with E-state index in [0.717, 1.165) is 5.56 Å². The van der Waals surface area contributed by atoms with Crippen molar-refractivity contribution in [1.82, 2.24) is 10.2 Å². The molecule has 1 aromatic carbocycles. The van der Waals surface area contributed by atoms with E-state index >= 15 is 0 Å². The van der Waals surface area contributed by atoms with Crippen molar-refractivity contribution in [2.24, 2.45) is 5.41 Å². The van der Waals surface area contributed by atoms with Crippen molar-refractivity contribution in [1.29, 1.82) is 0 Å². The van der Waals surface area contributed by atoms with E-state index in [9.17, 15) is 14.7 Å². The van der Waals surface area contributed by atoms with Gasteiger partial charge in [-0.3, -0.25) is 4.79 Å². The number of nitrogens with zero attached hydrogens (tertiary/aromatic N) is 1. The first kappa shape index (κ1) is 19.8. The number of amides is 2. The number of nitrogens with one attached hydrogen (secondary N) is 1. The average Bonchev–Trinajstić information content (AvgIpc) is 2.98. The van der Waals surface area contributed by atoms with Gasteiger partial charge in [-0.1, -0.05) is 29.3 Å². The number of ether oxygens (including phenoxy) is 1. The highest BCUT2D eigenvalue weighted by molar-refractivity contribution is 6.42. The molecule has 8 heteroatoms. The van der Waals surface area contributed by atoms with Crippen LogP contribution in [0.1, 0.15) is 31.4 Å². The average molecular weight is 389 g/mol. The highest BCUT2D eigenvalue weighted by Crippen LogP contribution is 2.31. The minimum absolute atomic E-state index is 0.187. The van der Waals surface area contributed by atoms with Crippen molar-refractivity contribution in [3.05, 3.63) is 33.8 Å². The number of aliphatic carboxylic acids is 1. The van der Waals surface area contributed by atoms with E-state index in [1.165, 1.54) is 4.90 Å². The lowest BCUT2D eigenvalue weighted by molar-refractivity contribution is -0.147. The van der Waals surface area contributed by atoms with E-state index in [2.05, 4.69) is 5.32 Å². The van der Waals surface area contributed by atoms with Crippen LogP contribution in [-0.2, 0) is 9.53 Å². The van der Waals surface area contributed by atoms with Crippen molar-refractivity contribution in [2.75, 3.05) is 26.8 Å². The predicted octanol–water partition coefficient (Wildman–Crippen LogP) is 3.58. The summed E-state index contributed by atoms with van der Waals surface area (Å²) in [7, 11) is 1.59. The first-order chi connectivity index (χ1) is 11.8. The Morgan fingerprint density at radius 2 is 2.12 bits per heavy atom. The molecule has 2 amide bonds. The lowest BCUT2D eigenvalue weighted by Crippen LogP contribution is -2.42. The maximum atomic E-state index is 12.6. The Kier molecular flexibility index (Phi) is 6.54. The molecular formula is C17H22Cl2N2O4. The van der Waals surface area contributed by atoms with Gasteiger partial charge in [-0.05, 0) is 37.5 Å². The largest absolute Gasteiger partial charge is 0.481 e. The number of urea groups is 1. The van der Waals surface area contributed by atoms with Crippen LogP contribution in [0, 0.1) is 5.41 Å². The van der Waals surface area contributed by atoms with Gasteiger partial charge in [-0.25, -0.2) is 4.79 Å². The summed E-state index contributed by atoms with van der Waals surface area (Å²) in [6.45, 7) is 2.71. The monoisotopic (exact) mass is 388 g/mol. The molecule has 0 bridgehead atoms. The topological polar surface area (TPSA) is 78.9 Å². The zero-order valence-corrected chi connectivity index (χ0v) is 15.7. The summed E-state index contributed by atoms with van der Waals surface area (Å²) in [5.41, 5.74) is -0.0804. The summed E-state index contributed by atoms with van der Waals surface area (Å²) in [4.78, 5) is 25.5. The van der Waals surface area contributed by atoms with Gasteiger partial charge in [0.05, 0.1) is 21.5 Å². The quantitative estimate of drug-likeness (QED) is 0.780. The summed E-state index contributed by atoms with van der Waals surface area (Å²) in [5.74, 6) is -0.886. The minimum Gasteiger partial charge on any atom is -0.481 e. The summed E-state index contributed by atoms with van der Waals surface area (Å²) in [5, 5.41) is 13.1. The van der Waals surface area contributed by atoms with Crippen LogP contribution in [0.2, 0.25) is 10.0 Å². The van der Waals surface area contributed by atoms with Gasteiger partial charge < -0.3 is 20.1 Å². The van der Waals surface area contributed by atoms with E-state index < -0.39 is 11.4 Å². The van der Waals surface area contributed by atoms with Gasteiger partial charge in [0.1, 0.15) is 0 Å². The van der Waals surface area contributed by atoms with Gasteiger partial charge in [0.2, 0.25) is 0 Å². The number of rotatable bonds is 6. The Labute approximate surface area is 157 Å². The maximum absolute atomic E-state index is 12.6. The lowest BCUT2D eigenvalue weighted by Gasteiger charge is -2.25. The second-order valence-corrected chi connectivity index (χ2v) is 7.31. The minimum atomic E-state index is -0.900. The first-order valence-electron chi connectivity index (χ1n) is 7.99. The Morgan fingerprint density at radius 1 is 1.40 bits per heavy atom. The molecule has 138 valence electrons. The SMILES string of the molecule is COCCC(NC(=O)N1CCC(C)(C(=O)O)C1)c1ccc(Cl)c(Cl)c1. The number of carboxylic acid groups (broad SMARTS) is 1. The van der Waals surface area contributed by atoms with E-state index in [1.807, 2.05) is 0 Å². The molecule has 2 atom stereocenters. The van der Waals surface area contributed by atoms with Crippen LogP contribution in [-0.4, -0.2) is 48.8 Å². The number of likely N-dealkylation sites (tertiary alicyclic amines) is 1. The molecule has 1 heterocycles. The third kappa shape index (κ3) is 4.77. The number of methoxy groups -OCH3 is 1. The first-order valence-corrected chi connectivity index (χ1v) is 8.75. The van der Waals surface area contributed by atoms with Crippen molar-refractivity contribution in [3.63, 3.8) is 0 Å². The molecule has 1 fully saturated rings. The number of carbonyl (C=O) groups excluding carboxylic acids is 1. The molecule has 2 unspecified atom stereocenters. The lowest BCUT2D eigenvalue weighted by atomic mass is 9.90. The van der Waals surface area contributed by atoms with Gasteiger partial charge in [-0.15, -0.1) is 0 Å². The van der Waals surface area contributed by atoms with Crippen molar-refractivity contribution >= 4 is 35.2 Å². The number of hydrogen-bond acceptors (Lipinski definition) is 3. The molecule has 25 heavy (non-hydrogen) atoms. The van der Waals surface area contributed by atoms with E-state index in [4.69, 9.17) is 27.9 Å². The zero-order valence-electron chi connectivity index (χ0n) is 14.2. The van der Waals surface area contributed by atoms with Gasteiger partial charge in [-0.2, -0.15) is 0 Å². The van der Waals surface area contributed by atoms with E-state index in [-0.39, 0.29) is 18.6 Å². The summed E-state index contributed by atoms with van der Waals surface area (Å²) < 4.78 is 5.12. The molecule has 2 rings (SSSR count). The normalized spacial score (nSPS) is 21.2. The van der Waals surface area contributed by atoms with Crippen LogP contribution in [0.15, 0.2) is 18.2 Å². The molecule has 1 saturated heterocycles. The third-order valence-corrected chi connectivity index (χ3v) is 5.27. The van der Waals surface area contributed by atoms with Crippen molar-refractivity contribution in [3.8, 4) is 0 Å². The third-order valence-electron chi connectivity index (χ3n) is 4.53. The highest BCUT2D eigenvalue weighted by atomic mass is 35.5. The van der Waals surface area contributed by atoms with Crippen molar-refractivity contribution in [2.45, 2.75) is 25.8 Å². The molecule has 1 aliphatic heterocycles. The second-order valence-electron chi connectivity index (χ2n) is 6.49. The fourth-order valence-electron chi connectivity index (χ4n) is 2.84. The van der Waals surface area contributed by atoms with Gasteiger partial charge in [0.15, 0.2) is 0 Å². The molecule has 6 nitrogen and oxygen atoms in total. The van der Waals surface area contributed by atoms with Gasteiger partial charge in [0, 0.05) is 26.8 Å². The smallest absolute Gasteiger partial charge is 0.317 e. The number of halogens is 2. The summed E-state index contributed by atoms with van der Waals surface area (Å²) in [6.07, 6.45) is 0.996. The summed E-state index contributed by atoms with van der Waals surface area (Å²) in [6, 6.07) is 4.61. The molecule has 0 aromatic heterocycles. The fraction of sp³-hybridized carbons (Fsp3) is 0.529. The van der Waals surface area contributed by atoms with Crippen LogP contribution >= 0.6 is 23.2 Å². The Hall–Kier alpha value is -1.50. The highest BCUT2D eigenvalue weighted by Gasteiger charge is 2.42. The molecule has 1 aliphatic rings. The fourth-order valence-corrected chi connectivity index (χ4v) is 3.14. The van der Waals surface area contributed by atoms with E-state index in [0.29, 0.717) is 36.0 Å². The molecule has 1 aromatic rings. The Bertz CT molecular complexity index is 656. The van der Waals surface area contributed by atoms with Crippen LogP contribution in [0.5, 0.6) is 0 Å². The van der Waals surface area contributed by atoms with Gasteiger partial charge >= 0.3 is 12.0 Å². The van der Waals surface area contributed by atoms with Crippen LogP contribution < -0.4 is 5.32 Å². The van der Waals surface area contributed by atoms with Crippen LogP contribution in [0.25, 0.3) is 0 Å². The molecule has 0 saturated carbocycles.